The highest BCUT2D eigenvalue weighted by Crippen LogP contribution is 2.33. The Morgan fingerprint density at radius 1 is 0.973 bits per heavy atom. The maximum atomic E-state index is 13.6. The highest BCUT2D eigenvalue weighted by atomic mass is 32.2. The van der Waals surface area contributed by atoms with Crippen molar-refractivity contribution in [2.75, 3.05) is 31.7 Å². The lowest BCUT2D eigenvalue weighted by Crippen LogP contribution is -2.39. The number of rotatable bonds is 12. The number of ether oxygens (including phenoxy) is 3. The Balaban J connectivity index is 1.82. The van der Waals surface area contributed by atoms with E-state index in [2.05, 4.69) is 10.5 Å². The van der Waals surface area contributed by atoms with Gasteiger partial charge in [0.2, 0.25) is 0 Å². The zero-order valence-electron chi connectivity index (χ0n) is 21.3. The summed E-state index contributed by atoms with van der Waals surface area (Å²) in [6.07, 6.45) is 2.38. The van der Waals surface area contributed by atoms with E-state index in [1.165, 1.54) is 38.6 Å². The molecule has 0 aliphatic carbocycles. The average Bonchev–Trinajstić information content (AvgIpc) is 2.91. The van der Waals surface area contributed by atoms with Crippen LogP contribution in [0.25, 0.3) is 0 Å². The van der Waals surface area contributed by atoms with Crippen molar-refractivity contribution in [1.82, 2.24) is 5.43 Å². The number of hydrogen-bond donors (Lipinski definition) is 1. The summed E-state index contributed by atoms with van der Waals surface area (Å²) >= 11 is 0. The lowest BCUT2D eigenvalue weighted by molar-refractivity contribution is -0.119. The molecule has 0 aliphatic rings. The molecule has 0 saturated heterocycles. The molecule has 0 aromatic heterocycles. The summed E-state index contributed by atoms with van der Waals surface area (Å²) in [6.45, 7) is 4.01. The summed E-state index contributed by atoms with van der Waals surface area (Å²) in [5.74, 6) is 0.882. The topological polar surface area (TPSA) is 107 Å². The molecule has 196 valence electrons. The van der Waals surface area contributed by atoms with Gasteiger partial charge >= 0.3 is 0 Å². The average molecular weight is 526 g/mol. The molecule has 0 bridgehead atoms. The van der Waals surface area contributed by atoms with Crippen molar-refractivity contribution >= 4 is 27.8 Å². The first-order valence-corrected chi connectivity index (χ1v) is 13.1. The van der Waals surface area contributed by atoms with Crippen LogP contribution in [0.1, 0.15) is 24.5 Å². The third-order valence-electron chi connectivity index (χ3n) is 5.31. The maximum absolute atomic E-state index is 13.6. The first kappa shape index (κ1) is 27.5. The van der Waals surface area contributed by atoms with Crippen LogP contribution in [0.5, 0.6) is 17.2 Å². The minimum absolute atomic E-state index is 0.0505. The molecule has 0 atom stereocenters. The van der Waals surface area contributed by atoms with Gasteiger partial charge in [-0.3, -0.25) is 9.10 Å². The van der Waals surface area contributed by atoms with E-state index in [1.807, 2.05) is 26.0 Å². The molecule has 0 heterocycles. The quantitative estimate of drug-likeness (QED) is 0.281. The van der Waals surface area contributed by atoms with Gasteiger partial charge in [-0.25, -0.2) is 13.8 Å². The van der Waals surface area contributed by atoms with Crippen molar-refractivity contribution in [3.63, 3.8) is 0 Å². The van der Waals surface area contributed by atoms with Crippen molar-refractivity contribution < 1.29 is 27.4 Å². The van der Waals surface area contributed by atoms with Gasteiger partial charge in [-0.15, -0.1) is 0 Å². The van der Waals surface area contributed by atoms with E-state index in [0.717, 1.165) is 27.6 Å². The van der Waals surface area contributed by atoms with Gasteiger partial charge in [-0.05, 0) is 67.4 Å². The number of nitrogens with zero attached hydrogens (tertiary/aromatic N) is 2. The largest absolute Gasteiger partial charge is 0.494 e. The number of carbonyl (C=O) groups is 1. The van der Waals surface area contributed by atoms with E-state index in [-0.39, 0.29) is 10.6 Å². The highest BCUT2D eigenvalue weighted by molar-refractivity contribution is 7.92. The second-order valence-corrected chi connectivity index (χ2v) is 9.94. The highest BCUT2D eigenvalue weighted by Gasteiger charge is 2.28. The molecule has 10 heteroatoms. The Morgan fingerprint density at radius 3 is 2.27 bits per heavy atom. The van der Waals surface area contributed by atoms with Crippen molar-refractivity contribution in [3.05, 3.63) is 77.9 Å². The molecular weight excluding hydrogens is 494 g/mol. The fraction of sp³-hybridized carbons (Fsp3) is 0.259. The van der Waals surface area contributed by atoms with Gasteiger partial charge in [0.05, 0.1) is 37.6 Å². The predicted octanol–water partition coefficient (Wildman–Crippen LogP) is 4.15. The molecule has 1 N–H and O–H groups in total. The molecule has 0 aliphatic heterocycles. The third-order valence-corrected chi connectivity index (χ3v) is 7.10. The maximum Gasteiger partial charge on any atom is 0.264 e. The van der Waals surface area contributed by atoms with Gasteiger partial charge in [-0.2, -0.15) is 5.10 Å². The van der Waals surface area contributed by atoms with Crippen LogP contribution in [0.15, 0.2) is 76.7 Å². The minimum Gasteiger partial charge on any atom is -0.494 e. The number of sulfonamides is 1. The number of anilines is 1. The molecular formula is C27H31N3O6S. The fourth-order valence-corrected chi connectivity index (χ4v) is 4.76. The number of methoxy groups -OCH3 is 2. The first-order valence-electron chi connectivity index (χ1n) is 11.6. The number of nitrogens with one attached hydrogen (secondary N) is 1. The van der Waals surface area contributed by atoms with E-state index in [4.69, 9.17) is 14.2 Å². The van der Waals surface area contributed by atoms with Crippen molar-refractivity contribution in [2.45, 2.75) is 25.2 Å². The van der Waals surface area contributed by atoms with Crippen molar-refractivity contribution in [3.8, 4) is 17.2 Å². The van der Waals surface area contributed by atoms with Crippen molar-refractivity contribution in [1.29, 1.82) is 0 Å². The normalized spacial score (nSPS) is 11.2. The van der Waals surface area contributed by atoms with Gasteiger partial charge in [0.1, 0.15) is 12.3 Å². The molecule has 3 rings (SSSR count). The van der Waals surface area contributed by atoms with Crippen LogP contribution in [-0.2, 0) is 14.8 Å². The fourth-order valence-electron chi connectivity index (χ4n) is 3.35. The van der Waals surface area contributed by atoms with Crippen LogP contribution < -0.4 is 23.9 Å². The van der Waals surface area contributed by atoms with Crippen LogP contribution in [0.3, 0.4) is 0 Å². The molecule has 0 radical (unpaired) electrons. The number of carbonyl (C=O) groups excluding carboxylic acids is 1. The lowest BCUT2D eigenvalue weighted by atomic mass is 10.2. The van der Waals surface area contributed by atoms with Crippen LogP contribution in [0, 0.1) is 6.92 Å². The molecule has 9 nitrogen and oxygen atoms in total. The number of hydrazone groups is 1. The Labute approximate surface area is 217 Å². The van der Waals surface area contributed by atoms with Crippen LogP contribution in [0.4, 0.5) is 5.69 Å². The molecule has 0 spiro atoms. The Bertz CT molecular complexity index is 1320. The van der Waals surface area contributed by atoms with Gasteiger partial charge in [0, 0.05) is 6.07 Å². The van der Waals surface area contributed by atoms with E-state index in [0.29, 0.717) is 18.1 Å². The summed E-state index contributed by atoms with van der Waals surface area (Å²) in [5, 5.41) is 3.98. The molecule has 37 heavy (non-hydrogen) atoms. The number of amides is 1. The smallest absolute Gasteiger partial charge is 0.264 e. The van der Waals surface area contributed by atoms with Crippen LogP contribution in [0.2, 0.25) is 0 Å². The predicted molar refractivity (Wildman–Crippen MR) is 143 cm³/mol. The van der Waals surface area contributed by atoms with E-state index in [9.17, 15) is 13.2 Å². The zero-order chi connectivity index (χ0) is 26.8. The first-order chi connectivity index (χ1) is 17.8. The third kappa shape index (κ3) is 7.23. The molecule has 3 aromatic carbocycles. The second kappa shape index (κ2) is 12.8. The molecule has 0 fully saturated rings. The Hall–Kier alpha value is -4.05. The Kier molecular flexibility index (Phi) is 9.51. The van der Waals surface area contributed by atoms with Crippen molar-refractivity contribution in [2.24, 2.45) is 5.10 Å². The van der Waals surface area contributed by atoms with Gasteiger partial charge < -0.3 is 14.2 Å². The van der Waals surface area contributed by atoms with Crippen LogP contribution >= 0.6 is 0 Å². The van der Waals surface area contributed by atoms with E-state index in [1.54, 1.807) is 36.4 Å². The van der Waals surface area contributed by atoms with Gasteiger partial charge in [0.15, 0.2) is 11.5 Å². The van der Waals surface area contributed by atoms with E-state index >= 15 is 0 Å². The molecule has 1 amide bonds. The van der Waals surface area contributed by atoms with Gasteiger partial charge in [0.25, 0.3) is 15.9 Å². The monoisotopic (exact) mass is 525 g/mol. The standard InChI is InChI=1S/C27H31N3O6S/c1-5-16-36-23-11-8-21(9-12-23)18-28-29-27(31)19-30(22-10-15-25(34-3)26(17-22)35-4)37(32,33)24-13-6-20(2)7-14-24/h6-15,17-18H,5,16,19H2,1-4H3,(H,29,31)/b28-18-. The van der Waals surface area contributed by atoms with Gasteiger partial charge in [-0.1, -0.05) is 24.6 Å². The number of hydrogen-bond acceptors (Lipinski definition) is 7. The summed E-state index contributed by atoms with van der Waals surface area (Å²) in [5.41, 5.74) is 4.29. The summed E-state index contributed by atoms with van der Waals surface area (Å²) < 4.78 is 44.3. The second-order valence-electron chi connectivity index (χ2n) is 8.07. The summed E-state index contributed by atoms with van der Waals surface area (Å²) in [6, 6.07) is 18.3. The lowest BCUT2D eigenvalue weighted by Gasteiger charge is -2.24. The summed E-state index contributed by atoms with van der Waals surface area (Å²) in [4.78, 5) is 12.8. The Morgan fingerprint density at radius 2 is 1.65 bits per heavy atom. The molecule has 0 saturated carbocycles. The summed E-state index contributed by atoms with van der Waals surface area (Å²) in [7, 11) is -1.16. The minimum atomic E-state index is -4.09. The molecule has 0 unspecified atom stereocenters. The molecule has 3 aromatic rings. The number of aryl methyl sites for hydroxylation is 1. The number of benzene rings is 3. The van der Waals surface area contributed by atoms with E-state index < -0.39 is 22.5 Å². The van der Waals surface area contributed by atoms with Crippen LogP contribution in [-0.4, -0.2) is 47.9 Å². The SMILES string of the molecule is CCCOc1ccc(/C=N\NC(=O)CN(c2ccc(OC)c(OC)c2)S(=O)(=O)c2ccc(C)cc2)cc1. The zero-order valence-corrected chi connectivity index (χ0v) is 22.1.